The van der Waals surface area contributed by atoms with Gasteiger partial charge < -0.3 is 5.32 Å². The number of amides is 1. The topological polar surface area (TPSA) is 65.8 Å². The molecule has 0 saturated carbocycles. The van der Waals surface area contributed by atoms with Crippen LogP contribution in [0.25, 0.3) is 6.08 Å². The van der Waals surface area contributed by atoms with Gasteiger partial charge in [-0.2, -0.15) is 5.26 Å². The molecule has 4 nitrogen and oxygen atoms in total. The van der Waals surface area contributed by atoms with Crippen molar-refractivity contribution in [3.8, 4) is 6.07 Å². The molecule has 1 aromatic heterocycles. The lowest BCUT2D eigenvalue weighted by Crippen LogP contribution is -2.19. The Kier molecular flexibility index (Phi) is 4.22. The predicted octanol–water partition coefficient (Wildman–Crippen LogP) is 1.41. The van der Waals surface area contributed by atoms with Crippen LogP contribution in [0.2, 0.25) is 0 Å². The summed E-state index contributed by atoms with van der Waals surface area (Å²) in [6.07, 6.45) is 5.33. The quantitative estimate of drug-likeness (QED) is 0.829. The summed E-state index contributed by atoms with van der Waals surface area (Å²) < 4.78 is 0. The Balaban J connectivity index is 2.65. The lowest BCUT2D eigenvalue weighted by atomic mass is 10.1. The van der Waals surface area contributed by atoms with Gasteiger partial charge in [-0.15, -0.1) is 0 Å². The van der Waals surface area contributed by atoms with Gasteiger partial charge in [0.2, 0.25) is 5.91 Å². The molecule has 1 N–H and O–H groups in total. The van der Waals surface area contributed by atoms with Gasteiger partial charge in [0, 0.05) is 19.7 Å². The van der Waals surface area contributed by atoms with E-state index >= 15 is 0 Å². The van der Waals surface area contributed by atoms with E-state index in [9.17, 15) is 4.79 Å². The molecule has 1 amide bonds. The van der Waals surface area contributed by atoms with E-state index in [-0.39, 0.29) is 5.91 Å². The number of aryl methyl sites for hydroxylation is 1. The molecule has 16 heavy (non-hydrogen) atoms. The zero-order valence-electron chi connectivity index (χ0n) is 9.32. The Hall–Kier alpha value is -2.15. The van der Waals surface area contributed by atoms with E-state index in [4.69, 9.17) is 5.26 Å². The monoisotopic (exact) mass is 215 g/mol. The summed E-state index contributed by atoms with van der Waals surface area (Å²) in [5.41, 5.74) is 2.21. The van der Waals surface area contributed by atoms with Crippen LogP contribution in [0.4, 0.5) is 0 Å². The third-order valence-electron chi connectivity index (χ3n) is 1.98. The number of aromatic nitrogens is 1. The minimum absolute atomic E-state index is 0.0567. The van der Waals surface area contributed by atoms with Gasteiger partial charge in [0.15, 0.2) is 0 Å². The molecule has 0 spiro atoms. The third kappa shape index (κ3) is 3.54. The third-order valence-corrected chi connectivity index (χ3v) is 1.98. The summed E-state index contributed by atoms with van der Waals surface area (Å²) in [4.78, 5) is 14.6. The minimum Gasteiger partial charge on any atom is -0.353 e. The Labute approximate surface area is 94.6 Å². The van der Waals surface area contributed by atoms with Crippen molar-refractivity contribution in [3.05, 3.63) is 35.2 Å². The number of nitrogens with one attached hydrogen (secondary N) is 1. The first-order valence-electron chi connectivity index (χ1n) is 4.91. The molecule has 0 radical (unpaired) electrons. The van der Waals surface area contributed by atoms with Crippen LogP contribution in [0.1, 0.15) is 23.7 Å². The molecular formula is C12H13N3O. The number of nitriles is 1. The maximum absolute atomic E-state index is 10.6. The Morgan fingerprint density at radius 3 is 3.00 bits per heavy atom. The van der Waals surface area contributed by atoms with E-state index in [0.29, 0.717) is 12.2 Å². The molecule has 0 fully saturated rings. The number of nitrogens with zero attached hydrogens (tertiary/aromatic N) is 2. The van der Waals surface area contributed by atoms with Gasteiger partial charge in [-0.05, 0) is 24.1 Å². The second-order valence-corrected chi connectivity index (χ2v) is 3.39. The normalized spacial score (nSPS) is 10.1. The molecule has 4 heteroatoms. The highest BCUT2D eigenvalue weighted by Gasteiger charge is 1.97. The first-order valence-corrected chi connectivity index (χ1v) is 4.91. The lowest BCUT2D eigenvalue weighted by Gasteiger charge is -1.98. The van der Waals surface area contributed by atoms with Crippen LogP contribution in [-0.2, 0) is 4.79 Å². The SMILES string of the molecule is CC(=O)NCC=Cc1cnc(C#N)c(C)c1. The van der Waals surface area contributed by atoms with Crippen molar-refractivity contribution >= 4 is 12.0 Å². The zero-order chi connectivity index (χ0) is 12.0. The van der Waals surface area contributed by atoms with Crippen LogP contribution < -0.4 is 5.32 Å². The molecular weight excluding hydrogens is 202 g/mol. The van der Waals surface area contributed by atoms with Crippen molar-refractivity contribution in [2.24, 2.45) is 0 Å². The average Bonchev–Trinajstić information content (AvgIpc) is 2.24. The molecule has 0 unspecified atom stereocenters. The Morgan fingerprint density at radius 1 is 1.69 bits per heavy atom. The maximum atomic E-state index is 10.6. The number of rotatable bonds is 3. The summed E-state index contributed by atoms with van der Waals surface area (Å²) in [6.45, 7) is 3.81. The van der Waals surface area contributed by atoms with E-state index in [2.05, 4.69) is 10.3 Å². The van der Waals surface area contributed by atoms with Gasteiger partial charge in [-0.3, -0.25) is 4.79 Å². The second kappa shape index (κ2) is 5.66. The summed E-state index contributed by atoms with van der Waals surface area (Å²) in [6, 6.07) is 3.90. The van der Waals surface area contributed by atoms with Crippen LogP contribution in [-0.4, -0.2) is 17.4 Å². The van der Waals surface area contributed by atoms with Crippen molar-refractivity contribution in [1.82, 2.24) is 10.3 Å². The number of hydrogen-bond donors (Lipinski definition) is 1. The van der Waals surface area contributed by atoms with Gasteiger partial charge in [-0.1, -0.05) is 12.2 Å². The molecule has 0 aliphatic carbocycles. The number of hydrogen-bond acceptors (Lipinski definition) is 3. The average molecular weight is 215 g/mol. The smallest absolute Gasteiger partial charge is 0.217 e. The van der Waals surface area contributed by atoms with Gasteiger partial charge in [0.05, 0.1) is 0 Å². The van der Waals surface area contributed by atoms with Gasteiger partial charge in [0.25, 0.3) is 0 Å². The van der Waals surface area contributed by atoms with E-state index in [1.165, 1.54) is 6.92 Å². The van der Waals surface area contributed by atoms with Crippen LogP contribution in [0, 0.1) is 18.3 Å². The van der Waals surface area contributed by atoms with Crippen molar-refractivity contribution in [2.75, 3.05) is 6.54 Å². The zero-order valence-corrected chi connectivity index (χ0v) is 9.32. The summed E-state index contributed by atoms with van der Waals surface area (Å²) in [5, 5.41) is 11.4. The highest BCUT2D eigenvalue weighted by atomic mass is 16.1. The first kappa shape index (κ1) is 11.9. The largest absolute Gasteiger partial charge is 0.353 e. The Bertz CT molecular complexity index is 458. The molecule has 0 aliphatic rings. The van der Waals surface area contributed by atoms with Crippen LogP contribution >= 0.6 is 0 Å². The van der Waals surface area contributed by atoms with Crippen molar-refractivity contribution in [3.63, 3.8) is 0 Å². The molecule has 1 heterocycles. The molecule has 0 aliphatic heterocycles. The molecule has 0 saturated heterocycles. The van der Waals surface area contributed by atoms with Crippen molar-refractivity contribution in [1.29, 1.82) is 5.26 Å². The summed E-state index contributed by atoms with van der Waals surface area (Å²) in [5.74, 6) is -0.0567. The second-order valence-electron chi connectivity index (χ2n) is 3.39. The van der Waals surface area contributed by atoms with Gasteiger partial charge >= 0.3 is 0 Å². The van der Waals surface area contributed by atoms with Gasteiger partial charge in [-0.25, -0.2) is 4.98 Å². The minimum atomic E-state index is -0.0567. The number of pyridine rings is 1. The fraction of sp³-hybridized carbons (Fsp3) is 0.250. The Morgan fingerprint density at radius 2 is 2.44 bits per heavy atom. The fourth-order valence-corrected chi connectivity index (χ4v) is 1.20. The fourth-order valence-electron chi connectivity index (χ4n) is 1.20. The molecule has 1 aromatic rings. The van der Waals surface area contributed by atoms with Crippen LogP contribution in [0.15, 0.2) is 18.3 Å². The first-order chi connectivity index (χ1) is 7.63. The van der Waals surface area contributed by atoms with Crippen molar-refractivity contribution in [2.45, 2.75) is 13.8 Å². The molecule has 82 valence electrons. The maximum Gasteiger partial charge on any atom is 0.217 e. The van der Waals surface area contributed by atoms with E-state index in [0.717, 1.165) is 11.1 Å². The van der Waals surface area contributed by atoms with Crippen LogP contribution in [0.5, 0.6) is 0 Å². The predicted molar refractivity (Wildman–Crippen MR) is 61.4 cm³/mol. The molecule has 1 rings (SSSR count). The van der Waals surface area contributed by atoms with Crippen molar-refractivity contribution < 1.29 is 4.79 Å². The number of carbonyl (C=O) groups excluding carboxylic acids is 1. The summed E-state index contributed by atoms with van der Waals surface area (Å²) in [7, 11) is 0. The molecule has 0 atom stereocenters. The molecule has 0 bridgehead atoms. The van der Waals surface area contributed by atoms with E-state index in [1.807, 2.05) is 31.2 Å². The highest BCUT2D eigenvalue weighted by molar-refractivity contribution is 5.73. The van der Waals surface area contributed by atoms with Crippen LogP contribution in [0.3, 0.4) is 0 Å². The highest BCUT2D eigenvalue weighted by Crippen LogP contribution is 2.07. The standard InChI is InChI=1S/C12H13N3O/c1-9-6-11(8-15-12(9)7-13)4-3-5-14-10(2)16/h3-4,6,8H,5H2,1-2H3,(H,14,16). The number of carbonyl (C=O) groups is 1. The van der Waals surface area contributed by atoms with E-state index < -0.39 is 0 Å². The molecule has 0 aromatic carbocycles. The van der Waals surface area contributed by atoms with Gasteiger partial charge in [0.1, 0.15) is 11.8 Å². The van der Waals surface area contributed by atoms with E-state index in [1.54, 1.807) is 6.20 Å². The lowest BCUT2D eigenvalue weighted by molar-refractivity contribution is -0.118. The summed E-state index contributed by atoms with van der Waals surface area (Å²) >= 11 is 0.